The van der Waals surface area contributed by atoms with Crippen molar-refractivity contribution in [2.75, 3.05) is 12.9 Å². The van der Waals surface area contributed by atoms with E-state index in [-0.39, 0.29) is 24.1 Å². The first-order valence-electron chi connectivity index (χ1n) is 8.08. The van der Waals surface area contributed by atoms with E-state index in [0.717, 1.165) is 15.1 Å². The van der Waals surface area contributed by atoms with Gasteiger partial charge in [0.1, 0.15) is 0 Å². The van der Waals surface area contributed by atoms with Gasteiger partial charge in [0.05, 0.1) is 29.5 Å². The van der Waals surface area contributed by atoms with Crippen LogP contribution in [0.25, 0.3) is 10.2 Å². The molecule has 0 unspecified atom stereocenters. The number of carbonyl (C=O) groups excluding carboxylic acids is 2. The number of aryl methyl sites for hydroxylation is 1. The van der Waals surface area contributed by atoms with Crippen LogP contribution in [0.5, 0.6) is 0 Å². The molecule has 0 bridgehead atoms. The number of hydrogen-bond donors (Lipinski definition) is 0. The number of nitrogens with zero attached hydrogens (tertiary/aromatic N) is 2. The lowest BCUT2D eigenvalue weighted by Gasteiger charge is -2.04. The number of hydrogen-bond acceptors (Lipinski definition) is 5. The van der Waals surface area contributed by atoms with E-state index in [4.69, 9.17) is 4.74 Å². The molecule has 0 N–H and O–H groups in total. The third-order valence-corrected chi connectivity index (χ3v) is 5.74. The van der Waals surface area contributed by atoms with E-state index in [0.29, 0.717) is 11.3 Å². The van der Waals surface area contributed by atoms with Crippen molar-refractivity contribution in [3.05, 3.63) is 59.4 Å². The van der Waals surface area contributed by atoms with Gasteiger partial charge in [-0.1, -0.05) is 41.7 Å². The molecule has 1 amide bonds. The van der Waals surface area contributed by atoms with Crippen LogP contribution in [0, 0.1) is 0 Å². The number of ether oxygens (including phenoxy) is 1. The van der Waals surface area contributed by atoms with Gasteiger partial charge in [-0.05, 0) is 24.3 Å². The number of esters is 1. The Morgan fingerprint density at radius 3 is 2.62 bits per heavy atom. The predicted octanol–water partition coefficient (Wildman–Crippen LogP) is 3.49. The van der Waals surface area contributed by atoms with E-state index in [2.05, 4.69) is 4.99 Å². The van der Waals surface area contributed by atoms with Crippen molar-refractivity contribution < 1.29 is 14.3 Å². The van der Waals surface area contributed by atoms with Crippen molar-refractivity contribution in [3.8, 4) is 0 Å². The van der Waals surface area contributed by atoms with Crippen LogP contribution in [0.3, 0.4) is 0 Å². The molecule has 3 aromatic rings. The molecule has 0 saturated heterocycles. The molecular formula is C19H18N2O3S2. The average Bonchev–Trinajstić information content (AvgIpc) is 3.02. The minimum absolute atomic E-state index is 0.197. The molecule has 134 valence electrons. The van der Waals surface area contributed by atoms with Gasteiger partial charge in [0.25, 0.3) is 5.91 Å². The number of thioether (sulfide) groups is 1. The van der Waals surface area contributed by atoms with E-state index in [1.807, 2.05) is 59.2 Å². The van der Waals surface area contributed by atoms with E-state index in [1.54, 1.807) is 0 Å². The Balaban J connectivity index is 1.84. The molecule has 0 aliphatic heterocycles. The Morgan fingerprint density at radius 2 is 1.85 bits per heavy atom. The summed E-state index contributed by atoms with van der Waals surface area (Å²) in [5.74, 6) is -0.211. The highest BCUT2D eigenvalue weighted by molar-refractivity contribution is 8.00. The second-order valence-corrected chi connectivity index (χ2v) is 7.50. The number of benzene rings is 2. The van der Waals surface area contributed by atoms with Crippen LogP contribution in [0.4, 0.5) is 0 Å². The van der Waals surface area contributed by atoms with Crippen molar-refractivity contribution in [1.82, 2.24) is 4.57 Å². The molecule has 26 heavy (non-hydrogen) atoms. The maximum absolute atomic E-state index is 12.3. The van der Waals surface area contributed by atoms with Gasteiger partial charge in [-0.25, -0.2) is 0 Å². The van der Waals surface area contributed by atoms with Gasteiger partial charge in [0.2, 0.25) is 0 Å². The first-order valence-corrected chi connectivity index (χ1v) is 9.88. The number of aromatic nitrogens is 1. The number of thiazole rings is 1. The van der Waals surface area contributed by atoms with Crippen molar-refractivity contribution in [1.29, 1.82) is 0 Å². The Morgan fingerprint density at radius 1 is 1.12 bits per heavy atom. The Bertz CT molecular complexity index is 977. The Labute approximate surface area is 159 Å². The van der Waals surface area contributed by atoms with Crippen LogP contribution in [-0.2, 0) is 20.9 Å². The molecular weight excluding hydrogens is 368 g/mol. The quantitative estimate of drug-likeness (QED) is 0.481. The van der Waals surface area contributed by atoms with Gasteiger partial charge in [-0.2, -0.15) is 4.99 Å². The fourth-order valence-corrected chi connectivity index (χ4v) is 4.21. The zero-order chi connectivity index (χ0) is 18.4. The molecule has 7 heteroatoms. The highest BCUT2D eigenvalue weighted by Gasteiger charge is 2.10. The largest absolute Gasteiger partial charge is 0.469 e. The van der Waals surface area contributed by atoms with E-state index < -0.39 is 0 Å². The molecule has 3 rings (SSSR count). The molecule has 5 nitrogen and oxygen atoms in total. The van der Waals surface area contributed by atoms with Crippen molar-refractivity contribution >= 4 is 45.2 Å². The van der Waals surface area contributed by atoms with Gasteiger partial charge in [-0.15, -0.1) is 11.8 Å². The lowest BCUT2D eigenvalue weighted by Crippen LogP contribution is -2.19. The molecule has 1 aromatic heterocycles. The van der Waals surface area contributed by atoms with Crippen molar-refractivity contribution in [3.63, 3.8) is 0 Å². The van der Waals surface area contributed by atoms with Gasteiger partial charge >= 0.3 is 5.97 Å². The minimum Gasteiger partial charge on any atom is -0.469 e. The van der Waals surface area contributed by atoms with Crippen LogP contribution < -0.4 is 4.80 Å². The topological polar surface area (TPSA) is 60.7 Å². The minimum atomic E-state index is -0.287. The van der Waals surface area contributed by atoms with Crippen LogP contribution in [0.1, 0.15) is 6.42 Å². The summed E-state index contributed by atoms with van der Waals surface area (Å²) in [5.41, 5.74) is 0.962. The third kappa shape index (κ3) is 4.62. The molecule has 0 fully saturated rings. The molecule has 1 heterocycles. The first-order chi connectivity index (χ1) is 12.7. The molecule has 0 radical (unpaired) electrons. The number of carbonyl (C=O) groups is 2. The number of rotatable bonds is 6. The van der Waals surface area contributed by atoms with Gasteiger partial charge in [0, 0.05) is 11.4 Å². The maximum Gasteiger partial charge on any atom is 0.307 e. The standard InChI is InChI=1S/C19H18N2O3S2/c1-24-18(23)11-12-21-15-9-5-6-10-16(15)26-19(21)20-17(22)13-25-14-7-3-2-4-8-14/h2-10H,11-13H2,1H3. The summed E-state index contributed by atoms with van der Waals surface area (Å²) in [6.07, 6.45) is 0.234. The lowest BCUT2D eigenvalue weighted by atomic mass is 10.3. The van der Waals surface area contributed by atoms with E-state index >= 15 is 0 Å². The highest BCUT2D eigenvalue weighted by atomic mass is 32.2. The smallest absolute Gasteiger partial charge is 0.307 e. The van der Waals surface area contributed by atoms with Gasteiger partial charge < -0.3 is 9.30 Å². The normalized spacial score (nSPS) is 11.7. The summed E-state index contributed by atoms with van der Waals surface area (Å²) < 4.78 is 7.65. The Kier molecular flexibility index (Phi) is 6.25. The molecule has 0 spiro atoms. The number of amides is 1. The fourth-order valence-electron chi connectivity index (χ4n) is 2.43. The SMILES string of the molecule is COC(=O)CCn1c(=NC(=O)CSc2ccccc2)sc2ccccc21. The second kappa shape index (κ2) is 8.82. The molecule has 2 aromatic carbocycles. The van der Waals surface area contributed by atoms with Crippen LogP contribution in [0.2, 0.25) is 0 Å². The zero-order valence-electron chi connectivity index (χ0n) is 14.3. The second-order valence-electron chi connectivity index (χ2n) is 5.44. The number of para-hydroxylation sites is 1. The highest BCUT2D eigenvalue weighted by Crippen LogP contribution is 2.18. The Hall–Kier alpha value is -2.38. The lowest BCUT2D eigenvalue weighted by molar-refractivity contribution is -0.140. The summed E-state index contributed by atoms with van der Waals surface area (Å²) in [6.45, 7) is 0.425. The predicted molar refractivity (Wildman–Crippen MR) is 104 cm³/mol. The molecule has 0 aliphatic rings. The zero-order valence-corrected chi connectivity index (χ0v) is 15.9. The summed E-state index contributed by atoms with van der Waals surface area (Å²) in [4.78, 5) is 29.7. The van der Waals surface area contributed by atoms with Gasteiger partial charge in [0.15, 0.2) is 4.80 Å². The fraction of sp³-hybridized carbons (Fsp3) is 0.211. The monoisotopic (exact) mass is 386 g/mol. The number of methoxy groups -OCH3 is 1. The summed E-state index contributed by atoms with van der Waals surface area (Å²) in [6, 6.07) is 17.6. The van der Waals surface area contributed by atoms with E-state index in [9.17, 15) is 9.59 Å². The first kappa shape index (κ1) is 18.4. The van der Waals surface area contributed by atoms with Crippen LogP contribution in [0.15, 0.2) is 64.5 Å². The van der Waals surface area contributed by atoms with Crippen LogP contribution >= 0.6 is 23.1 Å². The van der Waals surface area contributed by atoms with Gasteiger partial charge in [-0.3, -0.25) is 9.59 Å². The van der Waals surface area contributed by atoms with Crippen molar-refractivity contribution in [2.45, 2.75) is 17.9 Å². The molecule has 0 aliphatic carbocycles. The number of fused-ring (bicyclic) bond motifs is 1. The summed E-state index contributed by atoms with van der Waals surface area (Å²) in [5, 5.41) is 0. The third-order valence-electron chi connectivity index (χ3n) is 3.68. The molecule has 0 atom stereocenters. The molecule has 0 saturated carbocycles. The summed E-state index contributed by atoms with van der Waals surface area (Å²) >= 11 is 2.91. The summed E-state index contributed by atoms with van der Waals surface area (Å²) in [7, 11) is 1.37. The average molecular weight is 386 g/mol. The van der Waals surface area contributed by atoms with Crippen LogP contribution in [-0.4, -0.2) is 29.3 Å². The maximum atomic E-state index is 12.3. The van der Waals surface area contributed by atoms with E-state index in [1.165, 1.54) is 30.2 Å². The van der Waals surface area contributed by atoms with Crippen molar-refractivity contribution in [2.24, 2.45) is 4.99 Å².